The number of hydrogen-bond donors (Lipinski definition) is 1. The number of pyridine rings is 1. The zero-order valence-corrected chi connectivity index (χ0v) is 15.1. The van der Waals surface area contributed by atoms with Gasteiger partial charge < -0.3 is 14.9 Å². The standard InChI is InChI=1S/C18H26N4O3/c1-20(2)15-5-4-13(11-19-15)12-22-8-6-18(7-9-22)14(17(24)25)10-16(23)21(18)3/h4-5,11,14H,6-10,12H2,1-3H3,(H,24,25)/t14-/m1/s1. The summed E-state index contributed by atoms with van der Waals surface area (Å²) in [6.45, 7) is 2.37. The average Bonchev–Trinajstić information content (AvgIpc) is 2.83. The summed E-state index contributed by atoms with van der Waals surface area (Å²) in [4.78, 5) is 34.1. The van der Waals surface area contributed by atoms with E-state index >= 15 is 0 Å². The summed E-state index contributed by atoms with van der Waals surface area (Å²) in [7, 11) is 5.68. The lowest BCUT2D eigenvalue weighted by Crippen LogP contribution is -2.55. The van der Waals surface area contributed by atoms with Crippen LogP contribution in [0.4, 0.5) is 5.82 Å². The van der Waals surface area contributed by atoms with Gasteiger partial charge in [0.15, 0.2) is 0 Å². The minimum absolute atomic E-state index is 0.0516. The van der Waals surface area contributed by atoms with Crippen molar-refractivity contribution < 1.29 is 14.7 Å². The molecule has 1 amide bonds. The molecule has 0 aliphatic carbocycles. The number of rotatable bonds is 4. The lowest BCUT2D eigenvalue weighted by molar-refractivity contribution is -0.146. The fourth-order valence-corrected chi connectivity index (χ4v) is 4.12. The molecule has 2 aliphatic heterocycles. The Morgan fingerprint density at radius 2 is 2.04 bits per heavy atom. The van der Waals surface area contributed by atoms with Crippen molar-refractivity contribution >= 4 is 17.7 Å². The van der Waals surface area contributed by atoms with Gasteiger partial charge in [-0.1, -0.05) is 6.07 Å². The second kappa shape index (κ2) is 6.63. The zero-order valence-electron chi connectivity index (χ0n) is 15.1. The van der Waals surface area contributed by atoms with E-state index in [1.54, 1.807) is 11.9 Å². The van der Waals surface area contributed by atoms with Crippen molar-refractivity contribution in [3.63, 3.8) is 0 Å². The number of hydrogen-bond acceptors (Lipinski definition) is 5. The van der Waals surface area contributed by atoms with Gasteiger partial charge in [0.1, 0.15) is 5.82 Å². The number of amides is 1. The first kappa shape index (κ1) is 17.7. The number of carbonyl (C=O) groups excluding carboxylic acids is 1. The fourth-order valence-electron chi connectivity index (χ4n) is 4.12. The second-order valence-corrected chi connectivity index (χ2v) is 7.35. The van der Waals surface area contributed by atoms with Gasteiger partial charge in [-0.3, -0.25) is 14.5 Å². The molecule has 2 saturated heterocycles. The molecule has 0 radical (unpaired) electrons. The first-order chi connectivity index (χ1) is 11.8. The highest BCUT2D eigenvalue weighted by atomic mass is 16.4. The molecule has 3 rings (SSSR count). The SMILES string of the molecule is CN(C)c1ccc(CN2CCC3(CC2)[C@@H](C(=O)O)CC(=O)N3C)cn1. The number of aliphatic carboxylic acids is 1. The molecule has 7 heteroatoms. The Kier molecular flexibility index (Phi) is 4.69. The molecule has 2 fully saturated rings. The van der Waals surface area contributed by atoms with E-state index in [2.05, 4.69) is 16.0 Å². The first-order valence-corrected chi connectivity index (χ1v) is 8.67. The largest absolute Gasteiger partial charge is 0.481 e. The van der Waals surface area contributed by atoms with Gasteiger partial charge in [-0.05, 0) is 24.5 Å². The van der Waals surface area contributed by atoms with Crippen molar-refractivity contribution in [1.29, 1.82) is 0 Å². The molecular weight excluding hydrogens is 320 g/mol. The molecular formula is C18H26N4O3. The van der Waals surface area contributed by atoms with Crippen molar-refractivity contribution in [3.8, 4) is 0 Å². The Morgan fingerprint density at radius 1 is 1.36 bits per heavy atom. The quantitative estimate of drug-likeness (QED) is 0.878. The second-order valence-electron chi connectivity index (χ2n) is 7.35. The predicted octanol–water partition coefficient (Wildman–Crippen LogP) is 1.05. The third-order valence-corrected chi connectivity index (χ3v) is 5.76. The molecule has 1 N–H and O–H groups in total. The molecule has 0 saturated carbocycles. The van der Waals surface area contributed by atoms with E-state index in [1.807, 2.05) is 31.3 Å². The summed E-state index contributed by atoms with van der Waals surface area (Å²) in [5.74, 6) is -0.566. The van der Waals surface area contributed by atoms with Gasteiger partial charge >= 0.3 is 5.97 Å². The van der Waals surface area contributed by atoms with Crippen LogP contribution in [0.1, 0.15) is 24.8 Å². The molecule has 1 atom stereocenters. The van der Waals surface area contributed by atoms with E-state index in [-0.39, 0.29) is 12.3 Å². The highest BCUT2D eigenvalue weighted by Gasteiger charge is 2.55. The van der Waals surface area contributed by atoms with Gasteiger partial charge in [0.05, 0.1) is 11.5 Å². The van der Waals surface area contributed by atoms with Crippen LogP contribution in [-0.4, -0.2) is 71.5 Å². The summed E-state index contributed by atoms with van der Waals surface area (Å²) < 4.78 is 0. The molecule has 0 bridgehead atoms. The molecule has 1 aromatic heterocycles. The van der Waals surface area contributed by atoms with Gasteiger partial charge in [0.2, 0.25) is 5.91 Å². The number of likely N-dealkylation sites (tertiary alicyclic amines) is 2. The van der Waals surface area contributed by atoms with Gasteiger partial charge in [-0.25, -0.2) is 4.98 Å². The molecule has 1 aromatic rings. The van der Waals surface area contributed by atoms with E-state index in [9.17, 15) is 14.7 Å². The Balaban J connectivity index is 1.65. The zero-order chi connectivity index (χ0) is 18.2. The molecule has 0 unspecified atom stereocenters. The highest BCUT2D eigenvalue weighted by molar-refractivity contribution is 5.88. The smallest absolute Gasteiger partial charge is 0.309 e. The maximum Gasteiger partial charge on any atom is 0.309 e. The third-order valence-electron chi connectivity index (χ3n) is 5.76. The number of aromatic nitrogens is 1. The molecule has 7 nitrogen and oxygen atoms in total. The van der Waals surface area contributed by atoms with Crippen LogP contribution < -0.4 is 4.90 Å². The van der Waals surface area contributed by atoms with Gasteiger partial charge in [-0.15, -0.1) is 0 Å². The van der Waals surface area contributed by atoms with E-state index in [0.717, 1.165) is 31.0 Å². The lowest BCUT2D eigenvalue weighted by Gasteiger charge is -2.45. The number of carboxylic acid groups (broad SMARTS) is 1. The number of carboxylic acids is 1. The van der Waals surface area contributed by atoms with Crippen LogP contribution >= 0.6 is 0 Å². The van der Waals surface area contributed by atoms with Crippen LogP contribution in [0.2, 0.25) is 0 Å². The van der Waals surface area contributed by atoms with Crippen molar-refractivity contribution in [1.82, 2.24) is 14.8 Å². The number of piperidine rings is 1. The predicted molar refractivity (Wildman–Crippen MR) is 94.3 cm³/mol. The van der Waals surface area contributed by atoms with Crippen LogP contribution in [0, 0.1) is 5.92 Å². The maximum atomic E-state index is 12.1. The van der Waals surface area contributed by atoms with Crippen LogP contribution in [0.15, 0.2) is 18.3 Å². The van der Waals surface area contributed by atoms with Gasteiger partial charge in [-0.2, -0.15) is 0 Å². The molecule has 3 heterocycles. The van der Waals surface area contributed by atoms with Crippen LogP contribution in [0.3, 0.4) is 0 Å². The third kappa shape index (κ3) is 3.20. The monoisotopic (exact) mass is 346 g/mol. The normalized spacial score (nSPS) is 23.2. The van der Waals surface area contributed by atoms with Crippen molar-refractivity contribution in [2.75, 3.05) is 39.1 Å². The maximum absolute atomic E-state index is 12.1. The Hall–Kier alpha value is -2.15. The average molecular weight is 346 g/mol. The number of carbonyl (C=O) groups is 2. The number of nitrogens with zero attached hydrogens (tertiary/aromatic N) is 4. The highest BCUT2D eigenvalue weighted by Crippen LogP contribution is 2.42. The van der Waals surface area contributed by atoms with E-state index in [1.165, 1.54) is 0 Å². The Labute approximate surface area is 148 Å². The summed E-state index contributed by atoms with van der Waals surface area (Å²) in [6.07, 6.45) is 3.43. The van der Waals surface area contributed by atoms with E-state index < -0.39 is 17.4 Å². The molecule has 25 heavy (non-hydrogen) atoms. The van der Waals surface area contributed by atoms with Crippen molar-refractivity contribution in [3.05, 3.63) is 23.9 Å². The van der Waals surface area contributed by atoms with Gasteiger partial charge in [0, 0.05) is 53.4 Å². The fraction of sp³-hybridized carbons (Fsp3) is 0.611. The molecule has 136 valence electrons. The number of anilines is 1. The summed E-state index contributed by atoms with van der Waals surface area (Å²) >= 11 is 0. The minimum atomic E-state index is -0.852. The molecule has 2 aliphatic rings. The van der Waals surface area contributed by atoms with Crippen LogP contribution in [-0.2, 0) is 16.1 Å². The van der Waals surface area contributed by atoms with E-state index in [0.29, 0.717) is 12.8 Å². The topological polar surface area (TPSA) is 77.0 Å². The molecule has 1 spiro atoms. The molecule has 0 aromatic carbocycles. The summed E-state index contributed by atoms with van der Waals surface area (Å²) in [5.41, 5.74) is 0.624. The van der Waals surface area contributed by atoms with Crippen LogP contribution in [0.25, 0.3) is 0 Å². The van der Waals surface area contributed by atoms with Gasteiger partial charge in [0.25, 0.3) is 0 Å². The van der Waals surface area contributed by atoms with E-state index in [4.69, 9.17) is 0 Å². The van der Waals surface area contributed by atoms with Crippen LogP contribution in [0.5, 0.6) is 0 Å². The van der Waals surface area contributed by atoms with Crippen molar-refractivity contribution in [2.45, 2.75) is 31.3 Å². The first-order valence-electron chi connectivity index (χ1n) is 8.67. The summed E-state index contributed by atoms with van der Waals surface area (Å²) in [5, 5.41) is 9.53. The summed E-state index contributed by atoms with van der Waals surface area (Å²) in [6, 6.07) is 4.09. The Bertz CT molecular complexity index is 651. The minimum Gasteiger partial charge on any atom is -0.481 e. The lowest BCUT2D eigenvalue weighted by atomic mass is 9.77. The van der Waals surface area contributed by atoms with Crippen molar-refractivity contribution in [2.24, 2.45) is 5.92 Å². The Morgan fingerprint density at radius 3 is 2.56 bits per heavy atom.